The number of rotatable bonds is 2. The topological polar surface area (TPSA) is 88.1 Å². The van der Waals surface area contributed by atoms with Crippen molar-refractivity contribution in [3.63, 3.8) is 0 Å². The molecule has 1 aliphatic heterocycles. The van der Waals surface area contributed by atoms with E-state index in [1.165, 1.54) is 0 Å². The standard InChI is InChI=1S/C10H12FN5O.2C2H6/c11-8-5-14-10(15-9(8)13)17-7-1-3-16(6-12)4-2-7;2*1-2/h5,7H,1-4H2,(H2,13,14,15);2*1-2H3. The van der Waals surface area contributed by atoms with E-state index < -0.39 is 5.82 Å². The third kappa shape index (κ3) is 6.25. The van der Waals surface area contributed by atoms with Crippen LogP contribution >= 0.6 is 0 Å². The molecule has 0 atom stereocenters. The first kappa shape index (κ1) is 18.9. The van der Waals surface area contributed by atoms with Crippen LogP contribution in [-0.2, 0) is 0 Å². The molecule has 0 spiro atoms. The molecule has 0 amide bonds. The zero-order valence-electron chi connectivity index (χ0n) is 13.1. The number of nitrogens with two attached hydrogens (primary N) is 1. The molecule has 1 fully saturated rings. The van der Waals surface area contributed by atoms with Gasteiger partial charge in [-0.1, -0.05) is 27.7 Å². The van der Waals surface area contributed by atoms with E-state index >= 15 is 0 Å². The van der Waals surface area contributed by atoms with Gasteiger partial charge in [0, 0.05) is 25.9 Å². The number of aromatic nitrogens is 2. The summed E-state index contributed by atoms with van der Waals surface area (Å²) >= 11 is 0. The number of hydrogen-bond acceptors (Lipinski definition) is 6. The quantitative estimate of drug-likeness (QED) is 0.844. The van der Waals surface area contributed by atoms with Crippen LogP contribution in [0.5, 0.6) is 6.01 Å². The van der Waals surface area contributed by atoms with Gasteiger partial charge in [-0.2, -0.15) is 10.2 Å². The summed E-state index contributed by atoms with van der Waals surface area (Å²) in [5.41, 5.74) is 5.31. The van der Waals surface area contributed by atoms with Gasteiger partial charge in [0.05, 0.1) is 6.20 Å². The van der Waals surface area contributed by atoms with E-state index in [4.69, 9.17) is 15.7 Å². The van der Waals surface area contributed by atoms with Gasteiger partial charge in [-0.05, 0) is 0 Å². The van der Waals surface area contributed by atoms with Crippen LogP contribution in [0.1, 0.15) is 40.5 Å². The van der Waals surface area contributed by atoms with Crippen molar-refractivity contribution in [1.29, 1.82) is 5.26 Å². The number of ether oxygens (including phenoxy) is 1. The second-order valence-electron chi connectivity index (χ2n) is 3.79. The SMILES string of the molecule is CC.CC.N#CN1CCC(Oc2ncc(F)c(N)n2)CC1. The molecule has 6 nitrogen and oxygen atoms in total. The van der Waals surface area contributed by atoms with E-state index in [-0.39, 0.29) is 17.9 Å². The summed E-state index contributed by atoms with van der Waals surface area (Å²) in [7, 11) is 0. The minimum Gasteiger partial charge on any atom is -0.460 e. The van der Waals surface area contributed by atoms with Crippen molar-refractivity contribution in [2.75, 3.05) is 18.8 Å². The van der Waals surface area contributed by atoms with E-state index in [2.05, 4.69) is 16.2 Å². The van der Waals surface area contributed by atoms with Crippen molar-refractivity contribution < 1.29 is 9.13 Å². The Morgan fingerprint density at radius 1 is 1.33 bits per heavy atom. The molecular formula is C14H24FN5O. The van der Waals surface area contributed by atoms with Crippen LogP contribution < -0.4 is 10.5 Å². The van der Waals surface area contributed by atoms with Crippen molar-refractivity contribution in [2.24, 2.45) is 0 Å². The van der Waals surface area contributed by atoms with Crippen LogP contribution in [0.15, 0.2) is 6.20 Å². The molecule has 1 aliphatic rings. The van der Waals surface area contributed by atoms with Gasteiger partial charge in [-0.3, -0.25) is 0 Å². The third-order valence-electron chi connectivity index (χ3n) is 2.60. The van der Waals surface area contributed by atoms with Crippen molar-refractivity contribution in [1.82, 2.24) is 14.9 Å². The summed E-state index contributed by atoms with van der Waals surface area (Å²) in [6, 6.07) is 0.0827. The summed E-state index contributed by atoms with van der Waals surface area (Å²) in [5, 5.41) is 8.69. The van der Waals surface area contributed by atoms with Crippen LogP contribution in [0.25, 0.3) is 0 Å². The van der Waals surface area contributed by atoms with Crippen LogP contribution in [-0.4, -0.2) is 34.1 Å². The Morgan fingerprint density at radius 2 is 1.90 bits per heavy atom. The minimum atomic E-state index is -0.656. The second-order valence-corrected chi connectivity index (χ2v) is 3.79. The largest absolute Gasteiger partial charge is 0.460 e. The maximum atomic E-state index is 12.8. The average Bonchev–Trinajstić information content (AvgIpc) is 2.55. The number of nitrogens with zero attached hydrogens (tertiary/aromatic N) is 4. The van der Waals surface area contributed by atoms with Crippen LogP contribution in [0.2, 0.25) is 0 Å². The number of piperidine rings is 1. The maximum absolute atomic E-state index is 12.8. The van der Waals surface area contributed by atoms with E-state index in [0.717, 1.165) is 6.20 Å². The first-order valence-electron chi connectivity index (χ1n) is 7.28. The molecule has 1 aromatic heterocycles. The third-order valence-corrected chi connectivity index (χ3v) is 2.60. The summed E-state index contributed by atoms with van der Waals surface area (Å²) in [4.78, 5) is 9.07. The molecule has 2 rings (SSSR count). The van der Waals surface area contributed by atoms with E-state index in [9.17, 15) is 4.39 Å². The van der Waals surface area contributed by atoms with Crippen molar-refractivity contribution >= 4 is 5.82 Å². The highest BCUT2D eigenvalue weighted by molar-refractivity contribution is 5.29. The van der Waals surface area contributed by atoms with Gasteiger partial charge < -0.3 is 15.4 Å². The lowest BCUT2D eigenvalue weighted by Crippen LogP contribution is -2.35. The van der Waals surface area contributed by atoms with Crippen LogP contribution in [0.4, 0.5) is 10.2 Å². The Kier molecular flexibility index (Phi) is 9.59. The molecule has 7 heteroatoms. The van der Waals surface area contributed by atoms with Gasteiger partial charge in [0.1, 0.15) is 6.10 Å². The molecule has 2 heterocycles. The van der Waals surface area contributed by atoms with Gasteiger partial charge in [0.2, 0.25) is 0 Å². The normalized spacial score (nSPS) is 14.0. The minimum absolute atomic E-state index is 0.0514. The van der Waals surface area contributed by atoms with Crippen LogP contribution in [0, 0.1) is 17.3 Å². The molecule has 0 aliphatic carbocycles. The van der Waals surface area contributed by atoms with Crippen molar-refractivity contribution in [3.05, 3.63) is 12.0 Å². The highest BCUT2D eigenvalue weighted by Gasteiger charge is 2.20. The fourth-order valence-corrected chi connectivity index (χ4v) is 1.64. The van der Waals surface area contributed by atoms with E-state index in [1.807, 2.05) is 27.7 Å². The highest BCUT2D eigenvalue weighted by Crippen LogP contribution is 2.16. The highest BCUT2D eigenvalue weighted by atomic mass is 19.1. The lowest BCUT2D eigenvalue weighted by atomic mass is 10.1. The molecule has 21 heavy (non-hydrogen) atoms. The van der Waals surface area contributed by atoms with Gasteiger partial charge >= 0.3 is 6.01 Å². The molecule has 0 bridgehead atoms. The zero-order valence-corrected chi connectivity index (χ0v) is 13.1. The Bertz CT molecular complexity index is 441. The summed E-state index contributed by atoms with van der Waals surface area (Å²) < 4.78 is 18.3. The Labute approximate surface area is 125 Å². The smallest absolute Gasteiger partial charge is 0.318 e. The zero-order chi connectivity index (χ0) is 16.3. The molecular weight excluding hydrogens is 273 g/mol. The number of nitriles is 1. The van der Waals surface area contributed by atoms with Crippen molar-refractivity contribution in [2.45, 2.75) is 46.6 Å². The predicted molar refractivity (Wildman–Crippen MR) is 79.9 cm³/mol. The molecule has 0 radical (unpaired) electrons. The lowest BCUT2D eigenvalue weighted by molar-refractivity contribution is 0.116. The molecule has 0 saturated carbocycles. The van der Waals surface area contributed by atoms with Gasteiger partial charge in [-0.25, -0.2) is 9.37 Å². The first-order valence-corrected chi connectivity index (χ1v) is 7.28. The Hall–Kier alpha value is -2.10. The Balaban J connectivity index is 0.000000921. The molecule has 0 aromatic carbocycles. The number of hydrogen-bond donors (Lipinski definition) is 1. The number of nitrogen functional groups attached to an aromatic ring is 1. The lowest BCUT2D eigenvalue weighted by Gasteiger charge is -2.27. The number of likely N-dealkylation sites (tertiary alicyclic amines) is 1. The summed E-state index contributed by atoms with van der Waals surface area (Å²) in [6.45, 7) is 9.30. The average molecular weight is 297 g/mol. The van der Waals surface area contributed by atoms with E-state index in [1.54, 1.807) is 4.90 Å². The predicted octanol–water partition coefficient (Wildman–Crippen LogP) is 2.57. The Morgan fingerprint density at radius 3 is 2.38 bits per heavy atom. The number of halogens is 1. The second kappa shape index (κ2) is 10.7. The molecule has 1 aromatic rings. The van der Waals surface area contributed by atoms with E-state index in [0.29, 0.717) is 25.9 Å². The summed E-state index contributed by atoms with van der Waals surface area (Å²) in [5.74, 6) is -0.874. The number of anilines is 1. The van der Waals surface area contributed by atoms with Crippen LogP contribution in [0.3, 0.4) is 0 Å². The van der Waals surface area contributed by atoms with Gasteiger partial charge in [0.25, 0.3) is 0 Å². The monoisotopic (exact) mass is 297 g/mol. The molecule has 2 N–H and O–H groups in total. The van der Waals surface area contributed by atoms with Crippen molar-refractivity contribution in [3.8, 4) is 12.2 Å². The fourth-order valence-electron chi connectivity index (χ4n) is 1.64. The van der Waals surface area contributed by atoms with Gasteiger partial charge in [-0.15, -0.1) is 0 Å². The molecule has 1 saturated heterocycles. The van der Waals surface area contributed by atoms with Gasteiger partial charge in [0.15, 0.2) is 17.8 Å². The fraction of sp³-hybridized carbons (Fsp3) is 0.643. The summed E-state index contributed by atoms with van der Waals surface area (Å²) in [6.07, 6.45) is 4.45. The molecule has 0 unspecified atom stereocenters. The first-order chi connectivity index (χ1) is 10.2. The molecule has 118 valence electrons. The maximum Gasteiger partial charge on any atom is 0.318 e.